The number of hydrogen-bond acceptors (Lipinski definition) is 4. The summed E-state index contributed by atoms with van der Waals surface area (Å²) in [6.45, 7) is 0.501. The van der Waals surface area contributed by atoms with Gasteiger partial charge in [0, 0.05) is 30.7 Å². The van der Waals surface area contributed by atoms with Gasteiger partial charge in [-0.3, -0.25) is 10.1 Å². The molecular formula is C12H16ClN3O2. The van der Waals surface area contributed by atoms with Crippen LogP contribution in [0.3, 0.4) is 0 Å². The Morgan fingerprint density at radius 1 is 1.61 bits per heavy atom. The summed E-state index contributed by atoms with van der Waals surface area (Å²) in [5, 5.41) is 11.4. The number of benzene rings is 1. The summed E-state index contributed by atoms with van der Waals surface area (Å²) in [5.74, 6) is 0.551. The Morgan fingerprint density at radius 3 is 2.78 bits per heavy atom. The molecule has 6 heteroatoms. The largest absolute Gasteiger partial charge is 0.365 e. The lowest BCUT2D eigenvalue weighted by Crippen LogP contribution is -2.40. The van der Waals surface area contributed by atoms with Gasteiger partial charge in [0.1, 0.15) is 5.69 Å². The minimum Gasteiger partial charge on any atom is -0.365 e. The number of nitro groups is 1. The molecule has 18 heavy (non-hydrogen) atoms. The van der Waals surface area contributed by atoms with Crippen LogP contribution in [0.4, 0.5) is 11.4 Å². The monoisotopic (exact) mass is 269 g/mol. The summed E-state index contributed by atoms with van der Waals surface area (Å²) in [6.07, 6.45) is 2.29. The number of nitrogens with two attached hydrogens (primary N) is 1. The van der Waals surface area contributed by atoms with Crippen molar-refractivity contribution in [2.75, 3.05) is 18.5 Å². The van der Waals surface area contributed by atoms with Gasteiger partial charge in [-0.2, -0.15) is 0 Å². The van der Waals surface area contributed by atoms with Gasteiger partial charge in [-0.25, -0.2) is 0 Å². The van der Waals surface area contributed by atoms with E-state index in [2.05, 4.69) is 0 Å². The van der Waals surface area contributed by atoms with Gasteiger partial charge < -0.3 is 10.6 Å². The second-order valence-electron chi connectivity index (χ2n) is 4.64. The van der Waals surface area contributed by atoms with E-state index in [-0.39, 0.29) is 11.7 Å². The molecule has 2 rings (SSSR count). The SMILES string of the molecule is CN(c1ccc(Cl)cc1[N+](=O)[O-])C(CN)C1CC1. The van der Waals surface area contributed by atoms with Crippen molar-refractivity contribution < 1.29 is 4.92 Å². The van der Waals surface area contributed by atoms with E-state index in [0.717, 1.165) is 12.8 Å². The third-order valence-corrected chi connectivity index (χ3v) is 3.65. The number of halogens is 1. The zero-order valence-electron chi connectivity index (χ0n) is 10.2. The van der Waals surface area contributed by atoms with Crippen LogP contribution in [-0.4, -0.2) is 24.6 Å². The van der Waals surface area contributed by atoms with Gasteiger partial charge >= 0.3 is 0 Å². The number of hydrogen-bond donors (Lipinski definition) is 1. The van der Waals surface area contributed by atoms with Crippen molar-refractivity contribution in [3.8, 4) is 0 Å². The van der Waals surface area contributed by atoms with Gasteiger partial charge in [-0.15, -0.1) is 0 Å². The van der Waals surface area contributed by atoms with Crippen LogP contribution in [0, 0.1) is 16.0 Å². The summed E-state index contributed by atoms with van der Waals surface area (Å²) in [7, 11) is 1.85. The predicted octanol–water partition coefficient (Wildman–Crippen LogP) is 2.42. The maximum atomic E-state index is 11.1. The number of nitro benzene ring substituents is 1. The van der Waals surface area contributed by atoms with E-state index in [1.165, 1.54) is 6.07 Å². The summed E-state index contributed by atoms with van der Waals surface area (Å²) < 4.78 is 0. The second kappa shape index (κ2) is 5.12. The van der Waals surface area contributed by atoms with Crippen LogP contribution >= 0.6 is 11.6 Å². The van der Waals surface area contributed by atoms with E-state index in [0.29, 0.717) is 23.2 Å². The van der Waals surface area contributed by atoms with Crippen molar-refractivity contribution in [2.45, 2.75) is 18.9 Å². The van der Waals surface area contributed by atoms with E-state index in [4.69, 9.17) is 17.3 Å². The topological polar surface area (TPSA) is 72.4 Å². The first-order valence-electron chi connectivity index (χ1n) is 5.91. The zero-order chi connectivity index (χ0) is 13.3. The Labute approximate surface area is 111 Å². The predicted molar refractivity (Wildman–Crippen MR) is 72.1 cm³/mol. The highest BCUT2D eigenvalue weighted by Crippen LogP contribution is 2.39. The van der Waals surface area contributed by atoms with E-state index < -0.39 is 4.92 Å². The third kappa shape index (κ3) is 2.57. The molecule has 0 bridgehead atoms. The molecule has 1 aromatic rings. The third-order valence-electron chi connectivity index (χ3n) is 3.42. The number of likely N-dealkylation sites (N-methyl/N-ethyl adjacent to an activating group) is 1. The molecule has 0 heterocycles. The second-order valence-corrected chi connectivity index (χ2v) is 5.08. The Bertz CT molecular complexity index is 463. The number of rotatable bonds is 5. The van der Waals surface area contributed by atoms with Crippen molar-refractivity contribution in [2.24, 2.45) is 11.7 Å². The Hall–Kier alpha value is -1.33. The maximum absolute atomic E-state index is 11.1. The molecule has 1 saturated carbocycles. The molecule has 1 fully saturated rings. The van der Waals surface area contributed by atoms with E-state index in [9.17, 15) is 10.1 Å². The summed E-state index contributed by atoms with van der Waals surface area (Å²) in [5.41, 5.74) is 6.38. The fourth-order valence-electron chi connectivity index (χ4n) is 2.27. The van der Waals surface area contributed by atoms with Crippen LogP contribution < -0.4 is 10.6 Å². The molecule has 5 nitrogen and oxygen atoms in total. The van der Waals surface area contributed by atoms with E-state index in [1.807, 2.05) is 11.9 Å². The molecule has 1 unspecified atom stereocenters. The molecule has 1 aromatic carbocycles. The van der Waals surface area contributed by atoms with Gasteiger partial charge in [0.15, 0.2) is 0 Å². The van der Waals surface area contributed by atoms with Gasteiger partial charge in [0.25, 0.3) is 5.69 Å². The quantitative estimate of drug-likeness (QED) is 0.658. The highest BCUT2D eigenvalue weighted by atomic mass is 35.5. The zero-order valence-corrected chi connectivity index (χ0v) is 10.9. The van der Waals surface area contributed by atoms with Crippen LogP contribution in [0.25, 0.3) is 0 Å². The average Bonchev–Trinajstić information content (AvgIpc) is 3.14. The molecule has 0 radical (unpaired) electrons. The van der Waals surface area contributed by atoms with Crippen molar-refractivity contribution in [1.29, 1.82) is 0 Å². The molecule has 1 aliphatic carbocycles. The van der Waals surface area contributed by atoms with Crippen molar-refractivity contribution in [1.82, 2.24) is 0 Å². The van der Waals surface area contributed by atoms with Crippen LogP contribution in [0.5, 0.6) is 0 Å². The average molecular weight is 270 g/mol. The Balaban J connectivity index is 2.33. The van der Waals surface area contributed by atoms with Gasteiger partial charge in [-0.05, 0) is 30.9 Å². The first-order valence-corrected chi connectivity index (χ1v) is 6.29. The first-order chi connectivity index (χ1) is 8.54. The molecule has 0 amide bonds. The van der Waals surface area contributed by atoms with Crippen LogP contribution in [-0.2, 0) is 0 Å². The molecule has 0 spiro atoms. The lowest BCUT2D eigenvalue weighted by molar-refractivity contribution is -0.384. The van der Waals surface area contributed by atoms with E-state index >= 15 is 0 Å². The molecule has 98 valence electrons. The van der Waals surface area contributed by atoms with Gasteiger partial charge in [0.05, 0.1) is 4.92 Å². The Kier molecular flexibility index (Phi) is 3.73. The highest BCUT2D eigenvalue weighted by Gasteiger charge is 2.34. The minimum absolute atomic E-state index is 0.0316. The molecule has 0 aliphatic heterocycles. The molecule has 2 N–H and O–H groups in total. The summed E-state index contributed by atoms with van der Waals surface area (Å²) in [4.78, 5) is 12.6. The smallest absolute Gasteiger partial charge is 0.294 e. The summed E-state index contributed by atoms with van der Waals surface area (Å²) >= 11 is 5.81. The van der Waals surface area contributed by atoms with Crippen LogP contribution in [0.2, 0.25) is 5.02 Å². The van der Waals surface area contributed by atoms with Crippen molar-refractivity contribution in [3.05, 3.63) is 33.3 Å². The molecular weight excluding hydrogens is 254 g/mol. The normalized spacial score (nSPS) is 16.4. The van der Waals surface area contributed by atoms with Gasteiger partial charge in [-0.1, -0.05) is 11.6 Å². The highest BCUT2D eigenvalue weighted by molar-refractivity contribution is 6.30. The van der Waals surface area contributed by atoms with E-state index in [1.54, 1.807) is 12.1 Å². The maximum Gasteiger partial charge on any atom is 0.294 e. The molecule has 0 saturated heterocycles. The lowest BCUT2D eigenvalue weighted by Gasteiger charge is -2.28. The Morgan fingerprint density at radius 2 is 2.28 bits per heavy atom. The molecule has 1 atom stereocenters. The fourth-order valence-corrected chi connectivity index (χ4v) is 2.43. The first kappa shape index (κ1) is 13.1. The van der Waals surface area contributed by atoms with Crippen molar-refractivity contribution in [3.63, 3.8) is 0 Å². The van der Waals surface area contributed by atoms with Gasteiger partial charge in [0.2, 0.25) is 0 Å². The number of anilines is 1. The molecule has 0 aromatic heterocycles. The van der Waals surface area contributed by atoms with Crippen LogP contribution in [0.15, 0.2) is 18.2 Å². The standard InChI is InChI=1S/C12H16ClN3O2/c1-15(12(7-14)8-2-3-8)10-5-4-9(13)6-11(10)16(17)18/h4-6,8,12H,2-3,7,14H2,1H3. The van der Waals surface area contributed by atoms with Crippen LogP contribution in [0.1, 0.15) is 12.8 Å². The van der Waals surface area contributed by atoms with Crippen molar-refractivity contribution >= 4 is 23.0 Å². The number of nitrogens with zero attached hydrogens (tertiary/aromatic N) is 2. The minimum atomic E-state index is -0.405. The fraction of sp³-hybridized carbons (Fsp3) is 0.500. The summed E-state index contributed by atoms with van der Waals surface area (Å²) in [6, 6.07) is 4.89. The lowest BCUT2D eigenvalue weighted by atomic mass is 10.1. The molecule has 1 aliphatic rings.